The second-order valence-corrected chi connectivity index (χ2v) is 11.3. The standard InChI is InChI=1S/C39H36N4O3/c1-46-35-20-18-34(41-26-35)19-21-38(44)43(27-30-14-16-32(17-15-30)36-13-7-8-23-40-36)37(25-29-9-3-2-4-10-29)39(45)42-24-22-31-11-5-6-12-33(31)28-42/h2-21,23,26,37H,22,24-25,27-28H2,1H3/b21-19+/t37-/m0/s1. The smallest absolute Gasteiger partial charge is 0.247 e. The third-order valence-electron chi connectivity index (χ3n) is 8.32. The highest BCUT2D eigenvalue weighted by Gasteiger charge is 2.34. The zero-order chi connectivity index (χ0) is 31.7. The maximum atomic E-state index is 14.5. The van der Waals surface area contributed by atoms with Crippen molar-refractivity contribution < 1.29 is 14.3 Å². The van der Waals surface area contributed by atoms with Crippen LogP contribution < -0.4 is 4.74 Å². The molecule has 0 fully saturated rings. The van der Waals surface area contributed by atoms with Crippen molar-refractivity contribution >= 4 is 17.9 Å². The Kier molecular flexibility index (Phi) is 9.59. The van der Waals surface area contributed by atoms with Crippen LogP contribution in [-0.2, 0) is 35.5 Å². The molecule has 3 heterocycles. The minimum atomic E-state index is -0.718. The number of methoxy groups -OCH3 is 1. The summed E-state index contributed by atoms with van der Waals surface area (Å²) in [6.45, 7) is 1.38. The highest BCUT2D eigenvalue weighted by atomic mass is 16.5. The molecular formula is C39H36N4O3. The van der Waals surface area contributed by atoms with Crippen LogP contribution in [0.3, 0.4) is 0 Å². The monoisotopic (exact) mass is 608 g/mol. The van der Waals surface area contributed by atoms with Crippen molar-refractivity contribution in [2.45, 2.75) is 32.0 Å². The van der Waals surface area contributed by atoms with Gasteiger partial charge in [-0.05, 0) is 59.0 Å². The summed E-state index contributed by atoms with van der Waals surface area (Å²) in [5, 5.41) is 0. The summed E-state index contributed by atoms with van der Waals surface area (Å²) in [6, 6.07) is 34.9. The predicted octanol–water partition coefficient (Wildman–Crippen LogP) is 6.39. The highest BCUT2D eigenvalue weighted by molar-refractivity contribution is 5.95. The lowest BCUT2D eigenvalue weighted by Crippen LogP contribution is -2.52. The Labute approximate surface area is 269 Å². The van der Waals surface area contributed by atoms with Crippen molar-refractivity contribution in [1.29, 1.82) is 0 Å². The summed E-state index contributed by atoms with van der Waals surface area (Å²) in [5.74, 6) is 0.307. The van der Waals surface area contributed by atoms with Gasteiger partial charge in [-0.25, -0.2) is 0 Å². The SMILES string of the molecule is COc1ccc(/C=C/C(=O)N(Cc2ccc(-c3ccccn3)cc2)[C@@H](Cc2ccccc2)C(=O)N2CCc3ccccc3C2)nc1. The largest absolute Gasteiger partial charge is 0.495 e. The minimum Gasteiger partial charge on any atom is -0.495 e. The first kappa shape index (κ1) is 30.5. The lowest BCUT2D eigenvalue weighted by Gasteiger charge is -2.37. The van der Waals surface area contributed by atoms with E-state index in [2.05, 4.69) is 22.1 Å². The fourth-order valence-electron chi connectivity index (χ4n) is 5.78. The van der Waals surface area contributed by atoms with Gasteiger partial charge < -0.3 is 14.5 Å². The Hall–Kier alpha value is -5.56. The number of fused-ring (bicyclic) bond motifs is 1. The molecule has 7 nitrogen and oxygen atoms in total. The molecule has 0 aliphatic carbocycles. The molecule has 0 saturated heterocycles. The first-order valence-electron chi connectivity index (χ1n) is 15.5. The zero-order valence-electron chi connectivity index (χ0n) is 25.8. The van der Waals surface area contributed by atoms with Crippen LogP contribution in [0.4, 0.5) is 0 Å². The molecule has 0 N–H and O–H groups in total. The van der Waals surface area contributed by atoms with Gasteiger partial charge in [0.2, 0.25) is 11.8 Å². The van der Waals surface area contributed by atoms with E-state index in [4.69, 9.17) is 4.74 Å². The quantitative estimate of drug-likeness (QED) is 0.172. The van der Waals surface area contributed by atoms with Crippen LogP contribution in [0.5, 0.6) is 5.75 Å². The minimum absolute atomic E-state index is 0.0622. The van der Waals surface area contributed by atoms with Crippen molar-refractivity contribution in [2.24, 2.45) is 0 Å². The second kappa shape index (κ2) is 14.5. The van der Waals surface area contributed by atoms with Crippen molar-refractivity contribution in [3.8, 4) is 17.0 Å². The highest BCUT2D eigenvalue weighted by Crippen LogP contribution is 2.24. The number of pyridine rings is 2. The maximum absolute atomic E-state index is 14.5. The predicted molar refractivity (Wildman–Crippen MR) is 180 cm³/mol. The van der Waals surface area contributed by atoms with Crippen LogP contribution in [-0.4, -0.2) is 51.3 Å². The number of carbonyl (C=O) groups is 2. The Balaban J connectivity index is 1.34. The van der Waals surface area contributed by atoms with Gasteiger partial charge in [-0.1, -0.05) is 84.9 Å². The topological polar surface area (TPSA) is 75.6 Å². The van der Waals surface area contributed by atoms with Crippen LogP contribution in [0.1, 0.15) is 27.9 Å². The average molecular weight is 609 g/mol. The molecule has 2 aromatic heterocycles. The molecule has 7 heteroatoms. The van der Waals surface area contributed by atoms with Gasteiger partial charge in [0.15, 0.2) is 0 Å². The molecule has 1 aliphatic heterocycles. The van der Waals surface area contributed by atoms with E-state index in [0.29, 0.717) is 31.0 Å². The molecule has 0 unspecified atom stereocenters. The lowest BCUT2D eigenvalue weighted by atomic mass is 9.97. The fourth-order valence-corrected chi connectivity index (χ4v) is 5.78. The van der Waals surface area contributed by atoms with Crippen LogP contribution in [0.2, 0.25) is 0 Å². The van der Waals surface area contributed by atoms with Crippen LogP contribution >= 0.6 is 0 Å². The molecule has 6 rings (SSSR count). The van der Waals surface area contributed by atoms with Gasteiger partial charge in [0.05, 0.1) is 24.7 Å². The summed E-state index contributed by atoms with van der Waals surface area (Å²) in [6.07, 6.45) is 7.75. The Morgan fingerprint density at radius 2 is 1.61 bits per heavy atom. The molecule has 0 saturated carbocycles. The summed E-state index contributed by atoms with van der Waals surface area (Å²) in [5.41, 5.74) is 6.79. The average Bonchev–Trinajstić information content (AvgIpc) is 3.13. The molecule has 0 spiro atoms. The summed E-state index contributed by atoms with van der Waals surface area (Å²) in [4.78, 5) is 41.1. The molecule has 230 valence electrons. The summed E-state index contributed by atoms with van der Waals surface area (Å²) >= 11 is 0. The number of aromatic nitrogens is 2. The van der Waals surface area contributed by atoms with Gasteiger partial charge in [0.25, 0.3) is 0 Å². The molecule has 1 aliphatic rings. The van der Waals surface area contributed by atoms with E-state index >= 15 is 0 Å². The third-order valence-corrected chi connectivity index (χ3v) is 8.32. The lowest BCUT2D eigenvalue weighted by molar-refractivity contribution is -0.144. The number of ether oxygens (including phenoxy) is 1. The van der Waals surface area contributed by atoms with E-state index in [0.717, 1.165) is 34.4 Å². The molecule has 46 heavy (non-hydrogen) atoms. The van der Waals surface area contributed by atoms with Gasteiger partial charge in [0, 0.05) is 43.9 Å². The van der Waals surface area contributed by atoms with Crippen LogP contribution in [0, 0.1) is 0 Å². The fraction of sp³-hybridized carbons (Fsp3) is 0.179. The van der Waals surface area contributed by atoms with Crippen molar-refractivity contribution in [3.63, 3.8) is 0 Å². The maximum Gasteiger partial charge on any atom is 0.247 e. The van der Waals surface area contributed by atoms with E-state index in [1.165, 1.54) is 11.6 Å². The van der Waals surface area contributed by atoms with Crippen molar-refractivity contribution in [3.05, 3.63) is 156 Å². The van der Waals surface area contributed by atoms with E-state index in [9.17, 15) is 9.59 Å². The van der Waals surface area contributed by atoms with Crippen molar-refractivity contribution in [1.82, 2.24) is 19.8 Å². The number of benzene rings is 3. The molecule has 0 radical (unpaired) electrons. The molecule has 1 atom stereocenters. The number of rotatable bonds is 10. The molecule has 5 aromatic rings. The summed E-state index contributed by atoms with van der Waals surface area (Å²) < 4.78 is 5.22. The number of amides is 2. The van der Waals surface area contributed by atoms with Gasteiger partial charge in [-0.15, -0.1) is 0 Å². The summed E-state index contributed by atoms with van der Waals surface area (Å²) in [7, 11) is 1.58. The Morgan fingerprint density at radius 3 is 2.33 bits per heavy atom. The van der Waals surface area contributed by atoms with Gasteiger partial charge in [-0.2, -0.15) is 0 Å². The molecular weight excluding hydrogens is 572 g/mol. The van der Waals surface area contributed by atoms with Gasteiger partial charge in [0.1, 0.15) is 11.8 Å². The molecule has 2 amide bonds. The first-order valence-corrected chi connectivity index (χ1v) is 15.5. The zero-order valence-corrected chi connectivity index (χ0v) is 25.8. The molecule has 0 bridgehead atoms. The number of hydrogen-bond donors (Lipinski definition) is 0. The number of carbonyl (C=O) groups excluding carboxylic acids is 2. The van der Waals surface area contributed by atoms with Gasteiger partial charge >= 0.3 is 0 Å². The van der Waals surface area contributed by atoms with E-state index < -0.39 is 6.04 Å². The number of nitrogens with zero attached hydrogens (tertiary/aromatic N) is 4. The third kappa shape index (κ3) is 7.38. The second-order valence-electron chi connectivity index (χ2n) is 11.3. The first-order chi connectivity index (χ1) is 22.6. The van der Waals surface area contributed by atoms with Crippen LogP contribution in [0.25, 0.3) is 17.3 Å². The van der Waals surface area contributed by atoms with E-state index in [-0.39, 0.29) is 18.4 Å². The van der Waals surface area contributed by atoms with E-state index in [1.807, 2.05) is 89.8 Å². The van der Waals surface area contributed by atoms with Gasteiger partial charge in [-0.3, -0.25) is 19.6 Å². The Bertz CT molecular complexity index is 1790. The van der Waals surface area contributed by atoms with Crippen LogP contribution in [0.15, 0.2) is 128 Å². The molecule has 3 aromatic carbocycles. The Morgan fingerprint density at radius 1 is 0.848 bits per heavy atom. The van der Waals surface area contributed by atoms with E-state index in [1.54, 1.807) is 42.6 Å². The number of hydrogen-bond acceptors (Lipinski definition) is 5. The van der Waals surface area contributed by atoms with Crippen molar-refractivity contribution in [2.75, 3.05) is 13.7 Å². The normalized spacial score (nSPS) is 13.2.